The Hall–Kier alpha value is -5.13. The Morgan fingerprint density at radius 1 is 0.238 bits per heavy atom. The average Bonchev–Trinajstić information content (AvgIpc) is 3.27. The molecule has 15 heteroatoms. The molecule has 4 rings (SSSR count). The first-order valence-electron chi connectivity index (χ1n) is 22.4. The first kappa shape index (κ1) is 50.5. The van der Waals surface area contributed by atoms with E-state index in [1.807, 2.05) is 132 Å². The minimum atomic E-state index is -2.77. The number of hydrogen-bond donors (Lipinski definition) is 0. The molecule has 0 aliphatic rings. The summed E-state index contributed by atoms with van der Waals surface area (Å²) in [5, 5.41) is 2.56. The summed E-state index contributed by atoms with van der Waals surface area (Å²) in [6.45, 7) is 27.5. The average molecular weight is 909 g/mol. The van der Waals surface area contributed by atoms with Crippen LogP contribution in [0.2, 0.25) is 0 Å². The normalized spacial score (nSPS) is 11.0. The van der Waals surface area contributed by atoms with E-state index >= 15 is 0 Å². The predicted octanol–water partition coefficient (Wildman–Crippen LogP) is 7.40. The molecule has 0 aliphatic carbocycles. The van der Waals surface area contributed by atoms with Crippen molar-refractivity contribution in [1.82, 2.24) is 0 Å². The Morgan fingerprint density at radius 2 is 0.397 bits per heavy atom. The molecule has 4 aromatic rings. The summed E-state index contributed by atoms with van der Waals surface area (Å²) < 4.78 is 86.2. The monoisotopic (exact) mass is 908 g/mol. The highest BCUT2D eigenvalue weighted by Crippen LogP contribution is 2.39. The van der Waals surface area contributed by atoms with Crippen molar-refractivity contribution in [3.05, 3.63) is 48.5 Å². The third-order valence-corrected chi connectivity index (χ3v) is 14.3. The fourth-order valence-corrected chi connectivity index (χ4v) is 13.0. The number of hydrogen-bond acceptors (Lipinski definition) is 13. The van der Waals surface area contributed by atoms with Gasteiger partial charge in [0.15, 0.2) is 46.0 Å². The van der Waals surface area contributed by atoms with Crippen LogP contribution < -0.4 is 77.6 Å². The van der Waals surface area contributed by atoms with Crippen LogP contribution in [0.4, 0.5) is 0 Å². The van der Waals surface area contributed by atoms with Gasteiger partial charge in [-0.1, -0.05) is 0 Å². The van der Waals surface area contributed by atoms with Crippen LogP contribution in [0.15, 0.2) is 48.5 Å². The van der Waals surface area contributed by atoms with Gasteiger partial charge in [0.25, 0.3) is 18.1 Å². The fourth-order valence-electron chi connectivity index (χ4n) is 6.93. The lowest BCUT2D eigenvalue weighted by Crippen LogP contribution is -2.58. The minimum absolute atomic E-state index is 0.323. The standard InChI is InChI=1S/C48H68O13Si2/c1-13-49-33-25-29-37(53-17-5)45(41(33)57-21-9)62(46-38(54-18-6)30-26-34(50-14-2)42(46)58-22-10)61-63(47-39(55-19-7)31-27-35(51-15-3)43(47)59-23-11)48-40(56-20-8)32-28-36(52-16-4)44(48)60-24-12/h25-32H,13-24H2,1-12H3. The zero-order valence-corrected chi connectivity index (χ0v) is 41.4. The molecule has 0 aliphatic heterocycles. The van der Waals surface area contributed by atoms with Gasteiger partial charge in [-0.25, -0.2) is 0 Å². The summed E-state index contributed by atoms with van der Waals surface area (Å²) in [7, 11) is -5.54. The zero-order chi connectivity index (χ0) is 45.7. The molecule has 13 nitrogen and oxygen atoms in total. The van der Waals surface area contributed by atoms with Crippen molar-refractivity contribution < 1.29 is 61.0 Å². The molecule has 0 N–H and O–H groups in total. The lowest BCUT2D eigenvalue weighted by Gasteiger charge is -2.32. The first-order valence-corrected chi connectivity index (χ1v) is 25.3. The van der Waals surface area contributed by atoms with E-state index in [4.69, 9.17) is 61.0 Å². The van der Waals surface area contributed by atoms with E-state index in [0.717, 1.165) is 0 Å². The molecular weight excluding hydrogens is 841 g/mol. The second-order valence-electron chi connectivity index (χ2n) is 13.0. The van der Waals surface area contributed by atoms with Crippen molar-refractivity contribution >= 4 is 38.8 Å². The molecule has 63 heavy (non-hydrogen) atoms. The highest BCUT2D eigenvalue weighted by molar-refractivity contribution is 6.94. The summed E-state index contributed by atoms with van der Waals surface area (Å²) >= 11 is 0. The van der Waals surface area contributed by atoms with E-state index in [9.17, 15) is 0 Å². The Labute approximate surface area is 378 Å². The number of ether oxygens (including phenoxy) is 12. The molecule has 0 saturated carbocycles. The van der Waals surface area contributed by atoms with Crippen LogP contribution in [-0.2, 0) is 4.12 Å². The Bertz CT molecular complexity index is 1730. The van der Waals surface area contributed by atoms with Gasteiger partial charge in [-0.3, -0.25) is 0 Å². The van der Waals surface area contributed by atoms with E-state index in [1.54, 1.807) is 0 Å². The van der Waals surface area contributed by atoms with Gasteiger partial charge >= 0.3 is 0 Å². The van der Waals surface area contributed by atoms with Crippen LogP contribution in [0.25, 0.3) is 0 Å². The smallest absolute Gasteiger partial charge is 0.288 e. The highest BCUT2D eigenvalue weighted by Gasteiger charge is 2.44. The third kappa shape index (κ3) is 12.1. The predicted molar refractivity (Wildman–Crippen MR) is 251 cm³/mol. The van der Waals surface area contributed by atoms with Crippen LogP contribution in [0.1, 0.15) is 83.1 Å². The van der Waals surface area contributed by atoms with Gasteiger partial charge in [0.2, 0.25) is 0 Å². The van der Waals surface area contributed by atoms with Crippen LogP contribution in [-0.4, -0.2) is 97.4 Å². The highest BCUT2D eigenvalue weighted by atomic mass is 28.4. The Kier molecular flexibility index (Phi) is 21.2. The topological polar surface area (TPSA) is 120 Å². The molecule has 4 aromatic carbocycles. The molecule has 0 amide bonds. The molecule has 0 unspecified atom stereocenters. The molecule has 0 heterocycles. The fraction of sp³-hybridized carbons (Fsp3) is 0.500. The SMILES string of the molecule is CCOc1ccc(OCC)c([Si](O[Si](c2c(OCC)ccc(OCC)c2OCC)c2c(OCC)ccc(OCC)c2OCC)c2c(OCC)ccc(OCC)c2OCC)c1OCC. The molecule has 0 spiro atoms. The quantitative estimate of drug-likeness (QED) is 0.0484. The summed E-state index contributed by atoms with van der Waals surface area (Å²) in [5.41, 5.74) is 0. The van der Waals surface area contributed by atoms with Gasteiger partial charge in [-0.15, -0.1) is 0 Å². The molecule has 0 atom stereocenters. The zero-order valence-electron chi connectivity index (χ0n) is 39.4. The maximum absolute atomic E-state index is 8.16. The van der Waals surface area contributed by atoms with Crippen LogP contribution in [0, 0.1) is 0 Å². The van der Waals surface area contributed by atoms with E-state index < -0.39 is 18.1 Å². The van der Waals surface area contributed by atoms with Gasteiger partial charge < -0.3 is 61.0 Å². The van der Waals surface area contributed by atoms with Crippen LogP contribution in [0.5, 0.6) is 69.0 Å². The Balaban J connectivity index is 2.43. The Morgan fingerprint density at radius 3 is 0.571 bits per heavy atom. The molecule has 346 valence electrons. The van der Waals surface area contributed by atoms with Crippen molar-refractivity contribution in [2.75, 3.05) is 79.3 Å². The van der Waals surface area contributed by atoms with E-state index in [1.165, 1.54) is 0 Å². The number of benzene rings is 4. The van der Waals surface area contributed by atoms with Gasteiger partial charge in [0.05, 0.1) is 100 Å². The first-order chi connectivity index (χ1) is 30.8. The molecule has 0 aromatic heterocycles. The van der Waals surface area contributed by atoms with Gasteiger partial charge in [-0.2, -0.15) is 0 Å². The minimum Gasteiger partial charge on any atom is -0.494 e. The van der Waals surface area contributed by atoms with Crippen molar-refractivity contribution in [3.8, 4) is 69.0 Å². The lowest BCUT2D eigenvalue weighted by atomic mass is 10.3. The maximum atomic E-state index is 8.16. The third-order valence-electron chi connectivity index (χ3n) is 9.00. The van der Waals surface area contributed by atoms with E-state index in [0.29, 0.717) is 169 Å². The van der Waals surface area contributed by atoms with Crippen molar-refractivity contribution in [2.24, 2.45) is 0 Å². The molecular formula is C48H68O13Si2. The van der Waals surface area contributed by atoms with Gasteiger partial charge in [-0.05, 0) is 132 Å². The maximum Gasteiger partial charge on any atom is 0.288 e. The van der Waals surface area contributed by atoms with Crippen LogP contribution >= 0.6 is 0 Å². The van der Waals surface area contributed by atoms with Crippen molar-refractivity contribution in [1.29, 1.82) is 0 Å². The van der Waals surface area contributed by atoms with Crippen molar-refractivity contribution in [3.63, 3.8) is 0 Å². The van der Waals surface area contributed by atoms with Crippen LogP contribution in [0.3, 0.4) is 0 Å². The summed E-state index contributed by atoms with van der Waals surface area (Å²) in [6, 6.07) is 15.1. The summed E-state index contributed by atoms with van der Waals surface area (Å²) in [6.07, 6.45) is 0. The van der Waals surface area contributed by atoms with Gasteiger partial charge in [0, 0.05) is 0 Å². The summed E-state index contributed by atoms with van der Waals surface area (Å²) in [5.74, 6) is 6.19. The second kappa shape index (κ2) is 26.5. The van der Waals surface area contributed by atoms with E-state index in [2.05, 4.69) is 0 Å². The lowest BCUT2D eigenvalue weighted by molar-refractivity contribution is 0.283. The van der Waals surface area contributed by atoms with Crippen molar-refractivity contribution in [2.45, 2.75) is 83.1 Å². The molecule has 0 fully saturated rings. The summed E-state index contributed by atoms with van der Waals surface area (Å²) in [4.78, 5) is 0. The van der Waals surface area contributed by atoms with E-state index in [-0.39, 0.29) is 0 Å². The largest absolute Gasteiger partial charge is 0.494 e. The van der Waals surface area contributed by atoms with Gasteiger partial charge in [0.1, 0.15) is 23.0 Å². The molecule has 0 bridgehead atoms. The number of rotatable bonds is 30. The second-order valence-corrected chi connectivity index (χ2v) is 17.2. The molecule has 0 saturated heterocycles. The molecule has 2 radical (unpaired) electrons.